The van der Waals surface area contributed by atoms with Crippen molar-refractivity contribution in [2.24, 2.45) is 11.3 Å². The highest BCUT2D eigenvalue weighted by atomic mass is 16.5. The number of hydrogen-bond acceptors (Lipinski definition) is 5. The lowest BCUT2D eigenvalue weighted by molar-refractivity contribution is -0.151. The number of para-hydroxylation sites is 1. The summed E-state index contributed by atoms with van der Waals surface area (Å²) in [5, 5.41) is 14.0. The first-order chi connectivity index (χ1) is 13.4. The summed E-state index contributed by atoms with van der Waals surface area (Å²) in [5.41, 5.74) is 1.62. The first-order valence-electron chi connectivity index (χ1n) is 9.54. The average Bonchev–Trinajstić information content (AvgIpc) is 3.15. The molecule has 0 spiro atoms. The van der Waals surface area contributed by atoms with Gasteiger partial charge in [0.1, 0.15) is 11.5 Å². The van der Waals surface area contributed by atoms with Crippen LogP contribution >= 0.6 is 0 Å². The van der Waals surface area contributed by atoms with Gasteiger partial charge >= 0.3 is 5.97 Å². The van der Waals surface area contributed by atoms with Crippen LogP contribution < -0.4 is 4.74 Å². The number of aryl methyl sites for hydroxylation is 2. The Balaban J connectivity index is 1.52. The molecule has 0 aliphatic carbocycles. The lowest BCUT2D eigenvalue weighted by Gasteiger charge is -2.27. The van der Waals surface area contributed by atoms with Crippen molar-refractivity contribution in [3.8, 4) is 5.75 Å². The minimum atomic E-state index is -1.01. The first kappa shape index (κ1) is 18.5. The van der Waals surface area contributed by atoms with E-state index in [-0.39, 0.29) is 18.4 Å². The van der Waals surface area contributed by atoms with Crippen molar-refractivity contribution >= 4 is 11.9 Å². The van der Waals surface area contributed by atoms with Crippen molar-refractivity contribution in [2.45, 2.75) is 33.1 Å². The lowest BCUT2D eigenvalue weighted by Crippen LogP contribution is -2.42. The third-order valence-electron chi connectivity index (χ3n) is 6.16. The molecule has 2 aromatic rings. The van der Waals surface area contributed by atoms with Crippen LogP contribution in [0.5, 0.6) is 5.75 Å². The number of carboxylic acids is 1. The van der Waals surface area contributed by atoms with Gasteiger partial charge < -0.3 is 19.3 Å². The molecule has 7 nitrogen and oxygen atoms in total. The Labute approximate surface area is 163 Å². The molecule has 1 aromatic heterocycles. The second-order valence-corrected chi connectivity index (χ2v) is 7.83. The van der Waals surface area contributed by atoms with Crippen molar-refractivity contribution in [3.05, 3.63) is 46.8 Å². The number of ether oxygens (including phenoxy) is 1. The second kappa shape index (κ2) is 6.96. The molecule has 1 saturated heterocycles. The molecule has 2 aliphatic rings. The van der Waals surface area contributed by atoms with Gasteiger partial charge in [-0.15, -0.1) is 0 Å². The van der Waals surface area contributed by atoms with E-state index in [0.717, 1.165) is 28.3 Å². The summed E-state index contributed by atoms with van der Waals surface area (Å²) < 4.78 is 11.0. The van der Waals surface area contributed by atoms with Gasteiger partial charge in [0, 0.05) is 31.0 Å². The fraction of sp³-hybridized carbons (Fsp3) is 0.476. The Morgan fingerprint density at radius 1 is 1.32 bits per heavy atom. The van der Waals surface area contributed by atoms with Gasteiger partial charge in [0.25, 0.3) is 0 Å². The standard InChI is InChI=1S/C21H24N2O5/c1-13-17(14(2)28-22-13)7-8-19(24)23-10-16-11-27-18-6-4-3-5-15(18)9-21(16,12-23)20(25)26/h3-6,16H,7-12H2,1-2H3,(H,25,26)/t16-,21+/m0/s1. The summed E-state index contributed by atoms with van der Waals surface area (Å²) in [6.45, 7) is 4.61. The summed E-state index contributed by atoms with van der Waals surface area (Å²) in [7, 11) is 0. The summed E-state index contributed by atoms with van der Waals surface area (Å²) >= 11 is 0. The molecule has 1 amide bonds. The van der Waals surface area contributed by atoms with Crippen molar-refractivity contribution in [1.29, 1.82) is 0 Å². The monoisotopic (exact) mass is 384 g/mol. The zero-order valence-corrected chi connectivity index (χ0v) is 16.1. The van der Waals surface area contributed by atoms with Crippen molar-refractivity contribution in [3.63, 3.8) is 0 Å². The number of aliphatic carboxylic acids is 1. The van der Waals surface area contributed by atoms with E-state index in [1.54, 1.807) is 4.90 Å². The molecule has 3 heterocycles. The van der Waals surface area contributed by atoms with E-state index < -0.39 is 11.4 Å². The highest BCUT2D eigenvalue weighted by Crippen LogP contribution is 2.44. The minimum absolute atomic E-state index is 0.0398. The van der Waals surface area contributed by atoms with Crippen LogP contribution in [0.3, 0.4) is 0 Å². The van der Waals surface area contributed by atoms with E-state index >= 15 is 0 Å². The predicted octanol–water partition coefficient (Wildman–Crippen LogP) is 2.39. The highest BCUT2D eigenvalue weighted by Gasteiger charge is 2.55. The number of nitrogens with zero attached hydrogens (tertiary/aromatic N) is 2. The van der Waals surface area contributed by atoms with Gasteiger partial charge in [-0.05, 0) is 38.3 Å². The number of carbonyl (C=O) groups is 2. The summed E-state index contributed by atoms with van der Waals surface area (Å²) in [4.78, 5) is 26.8. The van der Waals surface area contributed by atoms with Gasteiger partial charge in [-0.25, -0.2) is 0 Å². The Bertz CT molecular complexity index is 902. The predicted molar refractivity (Wildman–Crippen MR) is 100 cm³/mol. The van der Waals surface area contributed by atoms with E-state index in [9.17, 15) is 14.7 Å². The van der Waals surface area contributed by atoms with E-state index in [1.165, 1.54) is 0 Å². The zero-order valence-electron chi connectivity index (χ0n) is 16.1. The van der Waals surface area contributed by atoms with Crippen LogP contribution in [0.25, 0.3) is 0 Å². The van der Waals surface area contributed by atoms with E-state index in [0.29, 0.717) is 32.4 Å². The number of carboxylic acid groups (broad SMARTS) is 1. The molecule has 28 heavy (non-hydrogen) atoms. The average molecular weight is 384 g/mol. The molecule has 2 atom stereocenters. The zero-order chi connectivity index (χ0) is 19.9. The van der Waals surface area contributed by atoms with Crippen molar-refractivity contribution < 1.29 is 24.0 Å². The third kappa shape index (κ3) is 3.04. The van der Waals surface area contributed by atoms with Gasteiger partial charge in [0.15, 0.2) is 0 Å². The lowest BCUT2D eigenvalue weighted by atomic mass is 9.74. The largest absolute Gasteiger partial charge is 0.493 e. The molecule has 0 unspecified atom stereocenters. The number of amides is 1. The topological polar surface area (TPSA) is 92.9 Å². The van der Waals surface area contributed by atoms with Gasteiger partial charge in [-0.1, -0.05) is 23.4 Å². The summed E-state index contributed by atoms with van der Waals surface area (Å²) in [6.07, 6.45) is 1.22. The van der Waals surface area contributed by atoms with Crippen LogP contribution in [-0.4, -0.2) is 46.7 Å². The van der Waals surface area contributed by atoms with Crippen LogP contribution in [0.2, 0.25) is 0 Å². The Morgan fingerprint density at radius 2 is 2.11 bits per heavy atom. The van der Waals surface area contributed by atoms with Crippen molar-refractivity contribution in [1.82, 2.24) is 10.1 Å². The number of benzene rings is 1. The molecule has 2 aliphatic heterocycles. The van der Waals surface area contributed by atoms with Crippen LogP contribution in [0.15, 0.2) is 28.8 Å². The van der Waals surface area contributed by atoms with E-state index in [1.807, 2.05) is 38.1 Å². The second-order valence-electron chi connectivity index (χ2n) is 7.83. The molecule has 4 rings (SSSR count). The fourth-order valence-electron chi connectivity index (χ4n) is 4.47. The molecule has 1 N–H and O–H groups in total. The number of hydrogen-bond donors (Lipinski definition) is 1. The van der Waals surface area contributed by atoms with Gasteiger partial charge in [0.2, 0.25) is 5.91 Å². The van der Waals surface area contributed by atoms with Crippen LogP contribution in [0, 0.1) is 25.2 Å². The maximum atomic E-state index is 12.8. The summed E-state index contributed by atoms with van der Waals surface area (Å²) in [5.74, 6) is 0.332. The number of fused-ring (bicyclic) bond motifs is 2. The van der Waals surface area contributed by atoms with Gasteiger partial charge in [-0.2, -0.15) is 0 Å². The Morgan fingerprint density at radius 3 is 2.82 bits per heavy atom. The molecule has 1 aromatic carbocycles. The molecule has 0 saturated carbocycles. The van der Waals surface area contributed by atoms with Gasteiger partial charge in [0.05, 0.1) is 17.7 Å². The Kier molecular flexibility index (Phi) is 4.61. The molecule has 0 radical (unpaired) electrons. The van der Waals surface area contributed by atoms with Crippen LogP contribution in [-0.2, 0) is 22.4 Å². The first-order valence-corrected chi connectivity index (χ1v) is 9.54. The molecule has 148 valence electrons. The normalized spacial score (nSPS) is 23.5. The molecule has 0 bridgehead atoms. The molecule has 7 heteroatoms. The molecular formula is C21H24N2O5. The molecular weight excluding hydrogens is 360 g/mol. The SMILES string of the molecule is Cc1noc(C)c1CCC(=O)N1C[C@H]2COc3ccccc3C[C@@]2(C(=O)O)C1. The minimum Gasteiger partial charge on any atom is -0.493 e. The molecule has 1 fully saturated rings. The third-order valence-corrected chi connectivity index (χ3v) is 6.16. The van der Waals surface area contributed by atoms with Gasteiger partial charge in [-0.3, -0.25) is 9.59 Å². The van der Waals surface area contributed by atoms with Crippen molar-refractivity contribution in [2.75, 3.05) is 19.7 Å². The maximum absolute atomic E-state index is 12.8. The highest BCUT2D eigenvalue weighted by molar-refractivity contribution is 5.82. The summed E-state index contributed by atoms with van der Waals surface area (Å²) in [6, 6.07) is 7.56. The fourth-order valence-corrected chi connectivity index (χ4v) is 4.47. The maximum Gasteiger partial charge on any atom is 0.312 e. The number of likely N-dealkylation sites (tertiary alicyclic amines) is 1. The quantitative estimate of drug-likeness (QED) is 0.870. The smallest absolute Gasteiger partial charge is 0.312 e. The number of rotatable bonds is 4. The van der Waals surface area contributed by atoms with Crippen LogP contribution in [0.4, 0.5) is 0 Å². The van der Waals surface area contributed by atoms with E-state index in [4.69, 9.17) is 9.26 Å². The van der Waals surface area contributed by atoms with E-state index in [2.05, 4.69) is 5.16 Å². The number of carbonyl (C=O) groups excluding carboxylic acids is 1. The number of aromatic nitrogens is 1. The van der Waals surface area contributed by atoms with Crippen LogP contribution in [0.1, 0.15) is 29.0 Å². The Hall–Kier alpha value is -2.83.